The Hall–Kier alpha value is -3.58. The van der Waals surface area contributed by atoms with Gasteiger partial charge in [0.05, 0.1) is 10.6 Å². The molecule has 0 atom stereocenters. The van der Waals surface area contributed by atoms with Crippen molar-refractivity contribution in [2.24, 2.45) is 0 Å². The Kier molecular flexibility index (Phi) is 5.52. The van der Waals surface area contributed by atoms with Crippen LogP contribution in [0, 0.1) is 6.92 Å². The third-order valence-corrected chi connectivity index (χ3v) is 6.12. The van der Waals surface area contributed by atoms with Gasteiger partial charge in [-0.25, -0.2) is 8.42 Å². The van der Waals surface area contributed by atoms with E-state index in [1.807, 2.05) is 55.5 Å². The van der Waals surface area contributed by atoms with Gasteiger partial charge >= 0.3 is 0 Å². The standard InChI is InChI=1S/C24H21N3O3S/c1-17-10-11-19(16-25-17)21-14-20(13-18-7-4-3-5-8-18)22(15-23(21)31(2,29)30)27-24(28)9-6-12-26-27/h3-12,14-16H,13H2,1-2H3. The first-order valence-electron chi connectivity index (χ1n) is 9.71. The van der Waals surface area contributed by atoms with Crippen molar-refractivity contribution >= 4 is 9.84 Å². The van der Waals surface area contributed by atoms with Crippen LogP contribution in [0.3, 0.4) is 0 Å². The lowest BCUT2D eigenvalue weighted by Crippen LogP contribution is -2.21. The third kappa shape index (κ3) is 4.46. The minimum Gasteiger partial charge on any atom is -0.267 e. The van der Waals surface area contributed by atoms with Crippen LogP contribution >= 0.6 is 0 Å². The fourth-order valence-corrected chi connectivity index (χ4v) is 4.37. The van der Waals surface area contributed by atoms with Crippen LogP contribution in [0.15, 0.2) is 88.8 Å². The van der Waals surface area contributed by atoms with Crippen LogP contribution in [0.5, 0.6) is 0 Å². The lowest BCUT2D eigenvalue weighted by atomic mass is 9.98. The van der Waals surface area contributed by atoms with Crippen LogP contribution in [-0.2, 0) is 16.3 Å². The highest BCUT2D eigenvalue weighted by Crippen LogP contribution is 2.32. The van der Waals surface area contributed by atoms with Gasteiger partial charge in [0.15, 0.2) is 9.84 Å². The molecule has 7 heteroatoms. The Morgan fingerprint density at radius 2 is 1.74 bits per heavy atom. The molecule has 4 rings (SSSR count). The summed E-state index contributed by atoms with van der Waals surface area (Å²) in [7, 11) is -3.60. The first kappa shape index (κ1) is 20.7. The van der Waals surface area contributed by atoms with Gasteiger partial charge in [0.1, 0.15) is 0 Å². The van der Waals surface area contributed by atoms with E-state index >= 15 is 0 Å². The second-order valence-electron chi connectivity index (χ2n) is 7.37. The molecule has 0 N–H and O–H groups in total. The van der Waals surface area contributed by atoms with Gasteiger partial charge in [0, 0.05) is 41.5 Å². The molecular formula is C24H21N3O3S. The van der Waals surface area contributed by atoms with E-state index in [0.717, 1.165) is 23.1 Å². The van der Waals surface area contributed by atoms with Crippen molar-refractivity contribution in [2.45, 2.75) is 18.2 Å². The fraction of sp³-hybridized carbons (Fsp3) is 0.125. The van der Waals surface area contributed by atoms with Crippen LogP contribution in [0.2, 0.25) is 0 Å². The largest absolute Gasteiger partial charge is 0.271 e. The third-order valence-electron chi connectivity index (χ3n) is 4.98. The monoisotopic (exact) mass is 431 g/mol. The summed E-state index contributed by atoms with van der Waals surface area (Å²) in [4.78, 5) is 17.0. The number of benzene rings is 2. The van der Waals surface area contributed by atoms with Crippen molar-refractivity contribution in [3.8, 4) is 16.8 Å². The average molecular weight is 432 g/mol. The number of aryl methyl sites for hydroxylation is 1. The predicted molar refractivity (Wildman–Crippen MR) is 120 cm³/mol. The Morgan fingerprint density at radius 1 is 0.968 bits per heavy atom. The quantitative estimate of drug-likeness (QED) is 0.482. The zero-order chi connectivity index (χ0) is 22.0. The molecule has 0 saturated heterocycles. The SMILES string of the molecule is Cc1ccc(-c2cc(Cc3ccccc3)c(-n3ncccc3=O)cc2S(C)(=O)=O)cn1. The van der Waals surface area contributed by atoms with Crippen LogP contribution in [0.25, 0.3) is 16.8 Å². The number of aromatic nitrogens is 3. The number of nitrogens with zero attached hydrogens (tertiary/aromatic N) is 3. The summed E-state index contributed by atoms with van der Waals surface area (Å²) in [6.07, 6.45) is 4.84. The van der Waals surface area contributed by atoms with Gasteiger partial charge in [0.2, 0.25) is 0 Å². The molecule has 0 radical (unpaired) electrons. The van der Waals surface area contributed by atoms with Crippen molar-refractivity contribution in [3.63, 3.8) is 0 Å². The van der Waals surface area contributed by atoms with E-state index in [2.05, 4.69) is 10.1 Å². The van der Waals surface area contributed by atoms with E-state index in [4.69, 9.17) is 0 Å². The molecule has 0 aliphatic rings. The molecule has 2 heterocycles. The topological polar surface area (TPSA) is 81.9 Å². The molecule has 6 nitrogen and oxygen atoms in total. The van der Waals surface area contributed by atoms with Crippen molar-refractivity contribution in [3.05, 3.63) is 106 Å². The predicted octanol–water partition coefficient (Wildman–Crippen LogP) is 3.60. The lowest BCUT2D eigenvalue weighted by Gasteiger charge is -2.17. The van der Waals surface area contributed by atoms with Crippen LogP contribution < -0.4 is 5.56 Å². The molecule has 0 fully saturated rings. The van der Waals surface area contributed by atoms with Gasteiger partial charge < -0.3 is 0 Å². The van der Waals surface area contributed by atoms with Crippen molar-refractivity contribution < 1.29 is 8.42 Å². The highest BCUT2D eigenvalue weighted by molar-refractivity contribution is 7.90. The summed E-state index contributed by atoms with van der Waals surface area (Å²) in [5.41, 5.74) is 4.02. The van der Waals surface area contributed by atoms with E-state index in [-0.39, 0.29) is 10.5 Å². The average Bonchev–Trinajstić information content (AvgIpc) is 2.75. The first-order valence-corrected chi connectivity index (χ1v) is 11.6. The summed E-state index contributed by atoms with van der Waals surface area (Å²) in [6, 6.07) is 19.8. The summed E-state index contributed by atoms with van der Waals surface area (Å²) >= 11 is 0. The summed E-state index contributed by atoms with van der Waals surface area (Å²) in [6.45, 7) is 1.87. The molecular weight excluding hydrogens is 410 g/mol. The van der Waals surface area contributed by atoms with E-state index in [9.17, 15) is 13.2 Å². The Bertz CT molecular complexity index is 1390. The van der Waals surface area contributed by atoms with E-state index in [0.29, 0.717) is 23.2 Å². The van der Waals surface area contributed by atoms with Gasteiger partial charge in [-0.3, -0.25) is 9.78 Å². The second-order valence-corrected chi connectivity index (χ2v) is 9.36. The summed E-state index contributed by atoms with van der Waals surface area (Å²) in [5, 5.41) is 4.18. The number of rotatable bonds is 5. The Morgan fingerprint density at radius 3 is 2.39 bits per heavy atom. The van der Waals surface area contributed by atoms with Gasteiger partial charge in [-0.05, 0) is 48.7 Å². The lowest BCUT2D eigenvalue weighted by molar-refractivity contribution is 0.602. The molecule has 0 unspecified atom stereocenters. The second kappa shape index (κ2) is 8.28. The molecule has 2 aromatic heterocycles. The number of hydrogen-bond donors (Lipinski definition) is 0. The number of sulfone groups is 1. The molecule has 0 saturated carbocycles. The van der Waals surface area contributed by atoms with Crippen LogP contribution in [0.4, 0.5) is 0 Å². The van der Waals surface area contributed by atoms with Gasteiger partial charge in [0.25, 0.3) is 5.56 Å². The van der Waals surface area contributed by atoms with E-state index in [1.54, 1.807) is 12.3 Å². The minimum absolute atomic E-state index is 0.127. The van der Waals surface area contributed by atoms with Crippen LogP contribution in [-0.4, -0.2) is 29.4 Å². The van der Waals surface area contributed by atoms with E-state index < -0.39 is 9.84 Å². The first-order chi connectivity index (χ1) is 14.8. The minimum atomic E-state index is -3.60. The van der Waals surface area contributed by atoms with Gasteiger partial charge in [-0.1, -0.05) is 36.4 Å². The highest BCUT2D eigenvalue weighted by Gasteiger charge is 2.20. The smallest absolute Gasteiger partial charge is 0.267 e. The maximum Gasteiger partial charge on any atom is 0.271 e. The Balaban J connectivity index is 2.02. The molecule has 2 aromatic carbocycles. The highest BCUT2D eigenvalue weighted by atomic mass is 32.2. The molecule has 0 spiro atoms. The molecule has 0 aliphatic carbocycles. The maximum absolute atomic E-state index is 12.7. The van der Waals surface area contributed by atoms with E-state index in [1.165, 1.54) is 23.0 Å². The zero-order valence-electron chi connectivity index (χ0n) is 17.2. The Labute approximate surface area is 180 Å². The number of pyridine rings is 1. The maximum atomic E-state index is 12.7. The van der Waals surface area contributed by atoms with Gasteiger partial charge in [-0.15, -0.1) is 0 Å². The van der Waals surface area contributed by atoms with Crippen LogP contribution in [0.1, 0.15) is 16.8 Å². The molecule has 4 aromatic rings. The summed E-state index contributed by atoms with van der Waals surface area (Å²) < 4.78 is 26.6. The zero-order valence-corrected chi connectivity index (χ0v) is 18.0. The fourth-order valence-electron chi connectivity index (χ4n) is 3.47. The molecule has 156 valence electrons. The molecule has 0 bridgehead atoms. The molecule has 0 amide bonds. The normalized spacial score (nSPS) is 11.4. The van der Waals surface area contributed by atoms with Crippen molar-refractivity contribution in [1.82, 2.24) is 14.8 Å². The molecule has 31 heavy (non-hydrogen) atoms. The molecule has 0 aliphatic heterocycles. The van der Waals surface area contributed by atoms with Gasteiger partial charge in [-0.2, -0.15) is 9.78 Å². The van der Waals surface area contributed by atoms with Crippen molar-refractivity contribution in [2.75, 3.05) is 6.26 Å². The number of hydrogen-bond acceptors (Lipinski definition) is 5. The summed E-state index contributed by atoms with van der Waals surface area (Å²) in [5.74, 6) is 0. The van der Waals surface area contributed by atoms with Crippen molar-refractivity contribution in [1.29, 1.82) is 0 Å².